The van der Waals surface area contributed by atoms with Gasteiger partial charge in [-0.15, -0.1) is 0 Å². The number of aryl methyl sites for hydroxylation is 2. The minimum atomic E-state index is 0.740. The van der Waals surface area contributed by atoms with Crippen LogP contribution >= 0.6 is 0 Å². The van der Waals surface area contributed by atoms with E-state index in [0.29, 0.717) is 0 Å². The zero-order valence-electron chi connectivity index (χ0n) is 13.7. The quantitative estimate of drug-likeness (QED) is 0.420. The molecule has 3 nitrogen and oxygen atoms in total. The van der Waals surface area contributed by atoms with E-state index in [-0.39, 0.29) is 0 Å². The van der Waals surface area contributed by atoms with Crippen LogP contribution in [0.3, 0.4) is 0 Å². The van der Waals surface area contributed by atoms with Crippen LogP contribution in [0.25, 0.3) is 0 Å². The van der Waals surface area contributed by atoms with Gasteiger partial charge in [0.15, 0.2) is 0 Å². The van der Waals surface area contributed by atoms with E-state index in [1.54, 1.807) is 0 Å². The summed E-state index contributed by atoms with van der Waals surface area (Å²) in [6.45, 7) is 9.42. The second kappa shape index (κ2) is 7.93. The van der Waals surface area contributed by atoms with Crippen LogP contribution in [0.2, 0.25) is 0 Å². The third kappa shape index (κ3) is 5.64. The highest BCUT2D eigenvalue weighted by Gasteiger charge is 2.05. The molecule has 0 bridgehead atoms. The van der Waals surface area contributed by atoms with Crippen molar-refractivity contribution >= 4 is 12.0 Å². The molecule has 0 unspecified atom stereocenters. The Morgan fingerprint density at radius 3 is 2.50 bits per heavy atom. The molecular formula is C17H28N2O. The largest absolute Gasteiger partial charge is 0.493 e. The Kier molecular flexibility index (Phi) is 6.56. The van der Waals surface area contributed by atoms with Gasteiger partial charge < -0.3 is 9.64 Å². The van der Waals surface area contributed by atoms with Gasteiger partial charge in [0.05, 0.1) is 18.6 Å². The number of benzene rings is 1. The topological polar surface area (TPSA) is 24.8 Å². The molecule has 0 N–H and O–H groups in total. The van der Waals surface area contributed by atoms with Gasteiger partial charge in [-0.1, -0.05) is 13.8 Å². The molecule has 0 heterocycles. The minimum Gasteiger partial charge on any atom is -0.493 e. The van der Waals surface area contributed by atoms with E-state index in [2.05, 4.69) is 44.8 Å². The maximum Gasteiger partial charge on any atom is 0.122 e. The SMILES string of the molecule is Cc1cc(OCCCC(C)C)c(C)cc1N=CN(C)C. The lowest BCUT2D eigenvalue weighted by atomic mass is 10.1. The summed E-state index contributed by atoms with van der Waals surface area (Å²) in [5, 5.41) is 0. The number of hydrogen-bond donors (Lipinski definition) is 0. The zero-order chi connectivity index (χ0) is 15.1. The first kappa shape index (κ1) is 16.5. The Morgan fingerprint density at radius 2 is 1.90 bits per heavy atom. The van der Waals surface area contributed by atoms with Gasteiger partial charge in [-0.3, -0.25) is 0 Å². The highest BCUT2D eigenvalue weighted by atomic mass is 16.5. The fraction of sp³-hybridized carbons (Fsp3) is 0.588. The lowest BCUT2D eigenvalue weighted by molar-refractivity contribution is 0.296. The number of hydrogen-bond acceptors (Lipinski definition) is 2. The molecule has 0 aliphatic heterocycles. The summed E-state index contributed by atoms with van der Waals surface area (Å²) in [4.78, 5) is 6.41. The predicted molar refractivity (Wildman–Crippen MR) is 87.3 cm³/mol. The van der Waals surface area contributed by atoms with Crippen LogP contribution in [-0.2, 0) is 0 Å². The van der Waals surface area contributed by atoms with E-state index in [1.165, 1.54) is 6.42 Å². The third-order valence-electron chi connectivity index (χ3n) is 3.10. The smallest absolute Gasteiger partial charge is 0.122 e. The van der Waals surface area contributed by atoms with Crippen molar-refractivity contribution in [1.82, 2.24) is 4.90 Å². The van der Waals surface area contributed by atoms with Crippen molar-refractivity contribution in [2.24, 2.45) is 10.9 Å². The number of nitrogens with zero attached hydrogens (tertiary/aromatic N) is 2. The predicted octanol–water partition coefficient (Wildman–Crippen LogP) is 4.34. The van der Waals surface area contributed by atoms with E-state index in [9.17, 15) is 0 Å². The Balaban J connectivity index is 2.68. The van der Waals surface area contributed by atoms with E-state index in [0.717, 1.165) is 41.5 Å². The van der Waals surface area contributed by atoms with Crippen molar-refractivity contribution in [3.8, 4) is 5.75 Å². The summed E-state index contributed by atoms with van der Waals surface area (Å²) in [6.07, 6.45) is 4.14. The van der Waals surface area contributed by atoms with Crippen molar-refractivity contribution in [2.45, 2.75) is 40.5 Å². The van der Waals surface area contributed by atoms with E-state index < -0.39 is 0 Å². The van der Waals surface area contributed by atoms with Crippen molar-refractivity contribution in [2.75, 3.05) is 20.7 Å². The van der Waals surface area contributed by atoms with Gasteiger partial charge in [-0.05, 0) is 55.9 Å². The molecule has 0 saturated heterocycles. The number of ether oxygens (including phenoxy) is 1. The second-order valence-electron chi connectivity index (χ2n) is 6.00. The maximum absolute atomic E-state index is 5.89. The lowest BCUT2D eigenvalue weighted by Gasteiger charge is -2.12. The average molecular weight is 276 g/mol. The molecule has 0 aliphatic rings. The first-order chi connectivity index (χ1) is 9.40. The van der Waals surface area contributed by atoms with Crippen LogP contribution < -0.4 is 4.74 Å². The van der Waals surface area contributed by atoms with E-state index in [4.69, 9.17) is 4.74 Å². The fourth-order valence-corrected chi connectivity index (χ4v) is 1.92. The molecule has 0 spiro atoms. The Morgan fingerprint density at radius 1 is 1.20 bits per heavy atom. The standard InChI is InChI=1S/C17H28N2O/c1-13(2)8-7-9-20-17-11-14(3)16(10-15(17)4)18-12-19(5)6/h10-13H,7-9H2,1-6H3. The molecule has 0 atom stereocenters. The third-order valence-corrected chi connectivity index (χ3v) is 3.10. The Bertz CT molecular complexity index is 451. The zero-order valence-corrected chi connectivity index (χ0v) is 13.7. The number of rotatable bonds is 7. The average Bonchev–Trinajstić information content (AvgIpc) is 2.36. The first-order valence-corrected chi connectivity index (χ1v) is 7.34. The summed E-state index contributed by atoms with van der Waals surface area (Å²) in [5.74, 6) is 1.72. The van der Waals surface area contributed by atoms with Crippen LogP contribution in [0.4, 0.5) is 5.69 Å². The minimum absolute atomic E-state index is 0.740. The highest BCUT2D eigenvalue weighted by Crippen LogP contribution is 2.28. The van der Waals surface area contributed by atoms with Crippen molar-refractivity contribution < 1.29 is 4.74 Å². The molecule has 0 aliphatic carbocycles. The van der Waals surface area contributed by atoms with Gasteiger partial charge in [0.2, 0.25) is 0 Å². The van der Waals surface area contributed by atoms with E-state index >= 15 is 0 Å². The second-order valence-corrected chi connectivity index (χ2v) is 6.00. The Labute approximate surface area is 123 Å². The molecule has 3 heteroatoms. The van der Waals surface area contributed by atoms with Crippen molar-refractivity contribution in [3.05, 3.63) is 23.3 Å². The van der Waals surface area contributed by atoms with E-state index in [1.807, 2.05) is 25.3 Å². The highest BCUT2D eigenvalue weighted by molar-refractivity contribution is 5.64. The summed E-state index contributed by atoms with van der Waals surface area (Å²) in [5.41, 5.74) is 3.30. The fourth-order valence-electron chi connectivity index (χ4n) is 1.92. The maximum atomic E-state index is 5.89. The molecule has 1 aromatic carbocycles. The van der Waals surface area contributed by atoms with Gasteiger partial charge in [-0.2, -0.15) is 0 Å². The molecule has 0 fully saturated rings. The van der Waals surface area contributed by atoms with Crippen LogP contribution in [0.15, 0.2) is 17.1 Å². The van der Waals surface area contributed by atoms with Crippen LogP contribution in [0.5, 0.6) is 5.75 Å². The molecule has 112 valence electrons. The molecule has 0 radical (unpaired) electrons. The molecule has 1 rings (SSSR count). The summed E-state index contributed by atoms with van der Waals surface area (Å²) < 4.78 is 5.89. The van der Waals surface area contributed by atoms with Crippen LogP contribution in [0.1, 0.15) is 37.8 Å². The molecule has 20 heavy (non-hydrogen) atoms. The Hall–Kier alpha value is -1.51. The van der Waals surface area contributed by atoms with Gasteiger partial charge in [-0.25, -0.2) is 4.99 Å². The number of aliphatic imine (C=N–C) groups is 1. The van der Waals surface area contributed by atoms with Crippen LogP contribution in [0, 0.1) is 19.8 Å². The normalized spacial score (nSPS) is 11.3. The van der Waals surface area contributed by atoms with Gasteiger partial charge >= 0.3 is 0 Å². The molecule has 0 aromatic heterocycles. The van der Waals surface area contributed by atoms with Crippen molar-refractivity contribution in [3.63, 3.8) is 0 Å². The summed E-state index contributed by atoms with van der Waals surface area (Å²) in [7, 11) is 3.94. The molecule has 0 amide bonds. The van der Waals surface area contributed by atoms with Crippen molar-refractivity contribution in [1.29, 1.82) is 0 Å². The lowest BCUT2D eigenvalue weighted by Crippen LogP contribution is -2.07. The van der Waals surface area contributed by atoms with Gasteiger partial charge in [0.1, 0.15) is 5.75 Å². The first-order valence-electron chi connectivity index (χ1n) is 7.34. The van der Waals surface area contributed by atoms with Crippen LogP contribution in [-0.4, -0.2) is 31.9 Å². The molecule has 0 saturated carbocycles. The van der Waals surface area contributed by atoms with Gasteiger partial charge in [0.25, 0.3) is 0 Å². The summed E-state index contributed by atoms with van der Waals surface area (Å²) in [6, 6.07) is 4.18. The monoisotopic (exact) mass is 276 g/mol. The molecule has 1 aromatic rings. The van der Waals surface area contributed by atoms with Gasteiger partial charge in [0, 0.05) is 14.1 Å². The summed E-state index contributed by atoms with van der Waals surface area (Å²) >= 11 is 0. The molecular weight excluding hydrogens is 248 g/mol.